The van der Waals surface area contributed by atoms with Crippen LogP contribution in [-0.2, 0) is 0 Å². The van der Waals surface area contributed by atoms with Gasteiger partial charge in [0, 0.05) is 12.2 Å². The van der Waals surface area contributed by atoms with Crippen LogP contribution in [0.2, 0.25) is 0 Å². The third-order valence-electron chi connectivity index (χ3n) is 3.05. The van der Waals surface area contributed by atoms with Crippen LogP contribution in [0.1, 0.15) is 35.6 Å². The molecule has 4 nitrogen and oxygen atoms in total. The quantitative estimate of drug-likeness (QED) is 0.742. The number of nitriles is 1. The van der Waals surface area contributed by atoms with Gasteiger partial charge in [-0.3, -0.25) is 0 Å². The zero-order chi connectivity index (χ0) is 11.5. The molecule has 2 rings (SSSR count). The summed E-state index contributed by atoms with van der Waals surface area (Å²) in [6.45, 7) is 3.91. The number of aryl methyl sites for hydroxylation is 1. The topological polar surface area (TPSA) is 74.7 Å². The van der Waals surface area contributed by atoms with E-state index in [-0.39, 0.29) is 0 Å². The van der Waals surface area contributed by atoms with Crippen LogP contribution in [0.4, 0.5) is 5.82 Å². The first-order valence-corrected chi connectivity index (χ1v) is 5.60. The predicted octanol–water partition coefficient (Wildman–Crippen LogP) is 1.31. The van der Waals surface area contributed by atoms with E-state index < -0.39 is 0 Å². The van der Waals surface area contributed by atoms with E-state index in [2.05, 4.69) is 16.4 Å². The lowest BCUT2D eigenvalue weighted by Crippen LogP contribution is -2.29. The summed E-state index contributed by atoms with van der Waals surface area (Å²) < 4.78 is 0. The van der Waals surface area contributed by atoms with Crippen LogP contribution in [0.5, 0.6) is 0 Å². The van der Waals surface area contributed by atoms with Gasteiger partial charge in [-0.2, -0.15) is 5.26 Å². The van der Waals surface area contributed by atoms with E-state index in [1.807, 2.05) is 13.0 Å². The zero-order valence-corrected chi connectivity index (χ0v) is 9.45. The molecule has 0 saturated carbocycles. The number of rotatable bonds is 1. The first-order chi connectivity index (χ1) is 7.72. The highest BCUT2D eigenvalue weighted by Crippen LogP contribution is 2.28. The highest BCUT2D eigenvalue weighted by molar-refractivity contribution is 5.55. The molecule has 1 saturated heterocycles. The van der Waals surface area contributed by atoms with Crippen LogP contribution >= 0.6 is 0 Å². The molecule has 4 heteroatoms. The van der Waals surface area contributed by atoms with Crippen molar-refractivity contribution in [1.82, 2.24) is 10.3 Å². The van der Waals surface area contributed by atoms with Gasteiger partial charge in [0.1, 0.15) is 11.9 Å². The van der Waals surface area contributed by atoms with E-state index in [9.17, 15) is 0 Å². The van der Waals surface area contributed by atoms with Crippen molar-refractivity contribution in [3.05, 3.63) is 22.9 Å². The molecule has 1 aromatic rings. The fourth-order valence-corrected chi connectivity index (χ4v) is 2.28. The Morgan fingerprint density at radius 3 is 3.06 bits per heavy atom. The molecule has 0 radical (unpaired) electrons. The second-order valence-corrected chi connectivity index (χ2v) is 4.27. The molecule has 0 aromatic carbocycles. The number of pyridine rings is 1. The van der Waals surface area contributed by atoms with Gasteiger partial charge in [0.05, 0.1) is 5.56 Å². The van der Waals surface area contributed by atoms with E-state index in [1.165, 1.54) is 0 Å². The molecule has 1 unspecified atom stereocenters. The Kier molecular flexibility index (Phi) is 3.07. The second-order valence-electron chi connectivity index (χ2n) is 4.27. The van der Waals surface area contributed by atoms with Gasteiger partial charge in [-0.25, -0.2) is 4.98 Å². The van der Waals surface area contributed by atoms with Crippen molar-refractivity contribution in [2.24, 2.45) is 0 Å². The summed E-state index contributed by atoms with van der Waals surface area (Å²) in [7, 11) is 0. The Morgan fingerprint density at radius 1 is 1.62 bits per heavy atom. The smallest absolute Gasteiger partial charge is 0.141 e. The van der Waals surface area contributed by atoms with Crippen molar-refractivity contribution in [2.75, 3.05) is 18.8 Å². The third kappa shape index (κ3) is 2.00. The van der Waals surface area contributed by atoms with Gasteiger partial charge in [-0.1, -0.05) is 0 Å². The Labute approximate surface area is 95.5 Å². The molecule has 1 aliphatic rings. The molecule has 84 valence electrons. The molecular weight excluding hydrogens is 200 g/mol. The largest absolute Gasteiger partial charge is 0.383 e. The Morgan fingerprint density at radius 2 is 2.44 bits per heavy atom. The standard InChI is InChI=1S/C12H16N4/c1-8-5-10(9-3-2-4-15-7-9)11(6-13)12(14)16-8/h5,9,15H,2-4,7H2,1H3,(H2,14,16). The SMILES string of the molecule is Cc1cc(C2CCCNC2)c(C#N)c(N)n1. The molecule has 0 bridgehead atoms. The molecule has 1 aliphatic heterocycles. The van der Waals surface area contributed by atoms with Crippen molar-refractivity contribution in [1.29, 1.82) is 5.26 Å². The molecule has 2 heterocycles. The van der Waals surface area contributed by atoms with Crippen molar-refractivity contribution >= 4 is 5.82 Å². The van der Waals surface area contributed by atoms with Gasteiger partial charge in [0.2, 0.25) is 0 Å². The summed E-state index contributed by atoms with van der Waals surface area (Å²) in [5.41, 5.74) is 8.28. The molecule has 0 spiro atoms. The minimum atomic E-state index is 0.364. The van der Waals surface area contributed by atoms with Crippen molar-refractivity contribution in [3.63, 3.8) is 0 Å². The number of nitrogens with zero attached hydrogens (tertiary/aromatic N) is 2. The molecular formula is C12H16N4. The van der Waals surface area contributed by atoms with Crippen LogP contribution < -0.4 is 11.1 Å². The number of nitrogen functional groups attached to an aromatic ring is 1. The number of hydrogen-bond acceptors (Lipinski definition) is 4. The molecule has 0 aliphatic carbocycles. The molecule has 3 N–H and O–H groups in total. The number of anilines is 1. The fourth-order valence-electron chi connectivity index (χ4n) is 2.28. The van der Waals surface area contributed by atoms with Crippen LogP contribution in [0.15, 0.2) is 6.07 Å². The van der Waals surface area contributed by atoms with Crippen LogP contribution in [0.25, 0.3) is 0 Å². The lowest BCUT2D eigenvalue weighted by molar-refractivity contribution is 0.461. The second kappa shape index (κ2) is 4.50. The van der Waals surface area contributed by atoms with E-state index in [4.69, 9.17) is 11.0 Å². The van der Waals surface area contributed by atoms with Crippen LogP contribution in [-0.4, -0.2) is 18.1 Å². The Balaban J connectivity index is 2.42. The maximum atomic E-state index is 9.13. The predicted molar refractivity (Wildman–Crippen MR) is 62.9 cm³/mol. The Bertz CT molecular complexity index is 427. The normalized spacial score (nSPS) is 20.4. The lowest BCUT2D eigenvalue weighted by atomic mass is 9.89. The Hall–Kier alpha value is -1.60. The number of piperidine rings is 1. The molecule has 1 atom stereocenters. The van der Waals surface area contributed by atoms with Gasteiger partial charge >= 0.3 is 0 Å². The number of aromatic nitrogens is 1. The number of hydrogen-bond donors (Lipinski definition) is 2. The summed E-state index contributed by atoms with van der Waals surface area (Å²) in [5, 5.41) is 12.5. The van der Waals surface area contributed by atoms with Crippen molar-refractivity contribution in [2.45, 2.75) is 25.7 Å². The zero-order valence-electron chi connectivity index (χ0n) is 9.45. The van der Waals surface area contributed by atoms with E-state index in [0.717, 1.165) is 37.2 Å². The molecule has 1 fully saturated rings. The summed E-state index contributed by atoms with van der Waals surface area (Å²) in [4.78, 5) is 4.13. The van der Waals surface area contributed by atoms with Gasteiger partial charge in [-0.15, -0.1) is 0 Å². The van der Waals surface area contributed by atoms with Gasteiger partial charge in [0.25, 0.3) is 0 Å². The lowest BCUT2D eigenvalue weighted by Gasteiger charge is -2.24. The van der Waals surface area contributed by atoms with E-state index in [1.54, 1.807) is 0 Å². The number of nitrogens with one attached hydrogen (secondary N) is 1. The first-order valence-electron chi connectivity index (χ1n) is 5.60. The minimum Gasteiger partial charge on any atom is -0.383 e. The summed E-state index contributed by atoms with van der Waals surface area (Å²) in [6.07, 6.45) is 2.27. The summed E-state index contributed by atoms with van der Waals surface area (Å²) >= 11 is 0. The highest BCUT2D eigenvalue weighted by atomic mass is 14.9. The minimum absolute atomic E-state index is 0.364. The fraction of sp³-hybridized carbons (Fsp3) is 0.500. The number of nitrogens with two attached hydrogens (primary N) is 1. The molecule has 1 aromatic heterocycles. The maximum Gasteiger partial charge on any atom is 0.141 e. The summed E-state index contributed by atoms with van der Waals surface area (Å²) in [6, 6.07) is 4.17. The van der Waals surface area contributed by atoms with Crippen molar-refractivity contribution < 1.29 is 0 Å². The maximum absolute atomic E-state index is 9.13. The molecule has 0 amide bonds. The van der Waals surface area contributed by atoms with Gasteiger partial charge < -0.3 is 11.1 Å². The van der Waals surface area contributed by atoms with Gasteiger partial charge in [0.15, 0.2) is 0 Å². The van der Waals surface area contributed by atoms with Crippen LogP contribution in [0, 0.1) is 18.3 Å². The average molecular weight is 216 g/mol. The highest BCUT2D eigenvalue weighted by Gasteiger charge is 2.20. The third-order valence-corrected chi connectivity index (χ3v) is 3.05. The monoisotopic (exact) mass is 216 g/mol. The average Bonchev–Trinajstić information content (AvgIpc) is 2.29. The first kappa shape index (κ1) is 10.9. The summed E-state index contributed by atoms with van der Waals surface area (Å²) in [5.74, 6) is 0.760. The van der Waals surface area contributed by atoms with Crippen LogP contribution in [0.3, 0.4) is 0 Å². The van der Waals surface area contributed by atoms with E-state index >= 15 is 0 Å². The van der Waals surface area contributed by atoms with Crippen molar-refractivity contribution in [3.8, 4) is 6.07 Å². The van der Waals surface area contributed by atoms with Gasteiger partial charge in [-0.05, 0) is 43.9 Å². The van der Waals surface area contributed by atoms with E-state index in [0.29, 0.717) is 17.3 Å². The molecule has 16 heavy (non-hydrogen) atoms.